The Labute approximate surface area is 189 Å². The van der Waals surface area contributed by atoms with E-state index in [1.54, 1.807) is 6.07 Å². The summed E-state index contributed by atoms with van der Waals surface area (Å²) in [6.45, 7) is 0. The molecule has 2 nitrogen and oxygen atoms in total. The Kier molecular flexibility index (Phi) is 5.43. The fourth-order valence-electron chi connectivity index (χ4n) is 3.59. The summed E-state index contributed by atoms with van der Waals surface area (Å²) in [6.07, 6.45) is 5.04. The molecule has 0 fully saturated rings. The summed E-state index contributed by atoms with van der Waals surface area (Å²) in [5.41, 5.74) is 4.02. The van der Waals surface area contributed by atoms with E-state index in [9.17, 15) is 0 Å². The number of aromatic nitrogens is 1. The molecule has 2 heterocycles. The minimum absolute atomic E-state index is 0.624. The van der Waals surface area contributed by atoms with Gasteiger partial charge in [0.15, 0.2) is 5.75 Å². The maximum Gasteiger partial charge on any atom is 0.153 e. The molecule has 0 saturated heterocycles. The predicted molar refractivity (Wildman–Crippen MR) is 128 cm³/mol. The van der Waals surface area contributed by atoms with Gasteiger partial charge in [-0.05, 0) is 54.0 Å². The second-order valence-electron chi connectivity index (χ2n) is 6.97. The quantitative estimate of drug-likeness (QED) is 0.313. The molecule has 1 aromatic heterocycles. The van der Waals surface area contributed by atoms with Crippen LogP contribution in [0.15, 0.2) is 71.6 Å². The van der Waals surface area contributed by atoms with Gasteiger partial charge in [-0.2, -0.15) is 0 Å². The largest absolute Gasteiger partial charge is 0.455 e. The highest BCUT2D eigenvalue weighted by Crippen LogP contribution is 2.42. The van der Waals surface area contributed by atoms with Crippen LogP contribution in [0, 0.1) is 0 Å². The van der Waals surface area contributed by atoms with Crippen LogP contribution in [-0.4, -0.2) is 10.7 Å². The molecule has 1 aliphatic rings. The van der Waals surface area contributed by atoms with Crippen molar-refractivity contribution in [3.8, 4) is 11.5 Å². The molecule has 0 saturated carbocycles. The van der Waals surface area contributed by atoms with Crippen LogP contribution in [0.25, 0.3) is 23.1 Å². The number of ether oxygens (including phenoxy) is 1. The minimum Gasteiger partial charge on any atom is -0.455 e. The van der Waals surface area contributed by atoms with Crippen molar-refractivity contribution >= 4 is 58.0 Å². The molecule has 5 heteroatoms. The summed E-state index contributed by atoms with van der Waals surface area (Å²) in [4.78, 5) is 6.30. The average Bonchev–Trinajstić information content (AvgIpc) is 3.25. The minimum atomic E-state index is 0.624. The van der Waals surface area contributed by atoms with E-state index in [0.29, 0.717) is 10.0 Å². The topological polar surface area (TPSA) is 22.1 Å². The van der Waals surface area contributed by atoms with E-state index in [-0.39, 0.29) is 0 Å². The van der Waals surface area contributed by atoms with Gasteiger partial charge in [-0.15, -0.1) is 11.8 Å². The summed E-state index contributed by atoms with van der Waals surface area (Å²) >= 11 is 14.2. The Morgan fingerprint density at radius 2 is 1.80 bits per heavy atom. The van der Waals surface area contributed by atoms with Gasteiger partial charge < -0.3 is 4.74 Å². The molecule has 5 rings (SSSR count). The van der Waals surface area contributed by atoms with E-state index in [4.69, 9.17) is 32.9 Å². The fraction of sp³-hybridized carbons (Fsp3) is 0.0800. The molecule has 0 spiro atoms. The van der Waals surface area contributed by atoms with Gasteiger partial charge >= 0.3 is 0 Å². The molecule has 4 aromatic rings. The van der Waals surface area contributed by atoms with E-state index >= 15 is 0 Å². The van der Waals surface area contributed by atoms with Crippen LogP contribution in [0.3, 0.4) is 0 Å². The normalized spacial score (nSPS) is 13.1. The Morgan fingerprint density at radius 1 is 0.933 bits per heavy atom. The van der Waals surface area contributed by atoms with Gasteiger partial charge in [0.05, 0.1) is 5.69 Å². The maximum absolute atomic E-state index is 6.34. The summed E-state index contributed by atoms with van der Waals surface area (Å²) in [6, 6.07) is 21.4. The van der Waals surface area contributed by atoms with Crippen LogP contribution in [0.2, 0.25) is 10.0 Å². The molecule has 0 unspecified atom stereocenters. The number of benzene rings is 3. The Balaban J connectivity index is 1.62. The number of pyridine rings is 1. The lowest BCUT2D eigenvalue weighted by Gasteiger charge is -2.12. The van der Waals surface area contributed by atoms with Gasteiger partial charge in [-0.25, -0.2) is 4.98 Å². The molecule has 0 amide bonds. The number of halogens is 2. The van der Waals surface area contributed by atoms with Crippen molar-refractivity contribution in [1.29, 1.82) is 0 Å². The zero-order valence-corrected chi connectivity index (χ0v) is 18.3. The van der Waals surface area contributed by atoms with Crippen LogP contribution in [-0.2, 0) is 6.42 Å². The third kappa shape index (κ3) is 3.81. The molecule has 30 heavy (non-hydrogen) atoms. The van der Waals surface area contributed by atoms with Crippen molar-refractivity contribution < 1.29 is 4.74 Å². The highest BCUT2D eigenvalue weighted by molar-refractivity contribution is 7.99. The fourth-order valence-corrected chi connectivity index (χ4v) is 5.27. The Bertz CT molecular complexity index is 1270. The lowest BCUT2D eigenvalue weighted by atomic mass is 10.1. The van der Waals surface area contributed by atoms with Gasteiger partial charge in [0.1, 0.15) is 11.3 Å². The summed E-state index contributed by atoms with van der Waals surface area (Å²) in [7, 11) is 0. The first kappa shape index (κ1) is 19.5. The molecule has 0 N–H and O–H groups in total. The monoisotopic (exact) mass is 449 g/mol. The number of fused-ring (bicyclic) bond motifs is 3. The van der Waals surface area contributed by atoms with Crippen molar-refractivity contribution in [1.82, 2.24) is 4.98 Å². The third-order valence-corrected chi connectivity index (χ3v) is 6.74. The van der Waals surface area contributed by atoms with Crippen LogP contribution in [0.4, 0.5) is 0 Å². The maximum atomic E-state index is 6.34. The van der Waals surface area contributed by atoms with Crippen LogP contribution < -0.4 is 4.74 Å². The van der Waals surface area contributed by atoms with Gasteiger partial charge in [-0.1, -0.05) is 65.7 Å². The summed E-state index contributed by atoms with van der Waals surface area (Å²) in [5, 5.41) is 2.39. The standard InChI is InChI=1S/C25H17Cl2NOS/c26-17-11-9-16(21(27)15-17)10-12-22-19-13-14-30-25(19)20-7-4-8-23(24(20)28-22)29-18-5-2-1-3-6-18/h1-12,15H,13-14H2/b12-10+. The Hall–Kier alpha value is -2.46. The number of hydrogen-bond donors (Lipinski definition) is 0. The van der Waals surface area contributed by atoms with E-state index in [0.717, 1.165) is 45.8 Å². The third-order valence-electron chi connectivity index (χ3n) is 5.01. The van der Waals surface area contributed by atoms with Gasteiger partial charge in [-0.3, -0.25) is 0 Å². The first-order valence-electron chi connectivity index (χ1n) is 9.63. The Morgan fingerprint density at radius 3 is 2.63 bits per heavy atom. The smallest absolute Gasteiger partial charge is 0.153 e. The number of thioether (sulfide) groups is 1. The predicted octanol–water partition coefficient (Wildman–Crippen LogP) is 8.15. The van der Waals surface area contributed by atoms with Crippen molar-refractivity contribution in [3.05, 3.63) is 93.6 Å². The molecule has 0 aliphatic carbocycles. The van der Waals surface area contributed by atoms with Crippen molar-refractivity contribution in [2.45, 2.75) is 11.3 Å². The van der Waals surface area contributed by atoms with E-state index in [1.807, 2.05) is 78.5 Å². The number of rotatable bonds is 4. The average molecular weight is 450 g/mol. The first-order valence-corrected chi connectivity index (χ1v) is 11.4. The van der Waals surface area contributed by atoms with Crippen molar-refractivity contribution in [2.75, 3.05) is 5.75 Å². The van der Waals surface area contributed by atoms with Crippen LogP contribution in [0.1, 0.15) is 16.8 Å². The molecular formula is C25H17Cl2NOS. The highest BCUT2D eigenvalue weighted by Gasteiger charge is 2.21. The highest BCUT2D eigenvalue weighted by atomic mass is 35.5. The zero-order chi connectivity index (χ0) is 20.5. The lowest BCUT2D eigenvalue weighted by molar-refractivity contribution is 0.487. The SMILES string of the molecule is Clc1ccc(/C=C/c2nc3c(Oc4ccccc4)cccc3c3c2CCS3)c(Cl)c1. The van der Waals surface area contributed by atoms with E-state index in [1.165, 1.54) is 10.5 Å². The van der Waals surface area contributed by atoms with E-state index in [2.05, 4.69) is 6.07 Å². The molecule has 0 radical (unpaired) electrons. The molecule has 3 aromatic carbocycles. The zero-order valence-electron chi connectivity index (χ0n) is 15.9. The van der Waals surface area contributed by atoms with Crippen LogP contribution in [0.5, 0.6) is 11.5 Å². The summed E-state index contributed by atoms with van der Waals surface area (Å²) < 4.78 is 6.17. The van der Waals surface area contributed by atoms with Gasteiger partial charge in [0.2, 0.25) is 0 Å². The molecule has 0 bridgehead atoms. The molecule has 1 aliphatic heterocycles. The molecular weight excluding hydrogens is 433 g/mol. The number of para-hydroxylation sites is 2. The molecule has 148 valence electrons. The summed E-state index contributed by atoms with van der Waals surface area (Å²) in [5.74, 6) is 2.61. The van der Waals surface area contributed by atoms with Crippen molar-refractivity contribution in [3.63, 3.8) is 0 Å². The molecule has 0 atom stereocenters. The first-order chi connectivity index (χ1) is 14.7. The van der Waals surface area contributed by atoms with Gasteiger partial charge in [0.25, 0.3) is 0 Å². The van der Waals surface area contributed by atoms with Crippen LogP contribution >= 0.6 is 35.0 Å². The van der Waals surface area contributed by atoms with E-state index < -0.39 is 0 Å². The second kappa shape index (κ2) is 8.35. The van der Waals surface area contributed by atoms with Gasteiger partial charge in [0, 0.05) is 26.1 Å². The number of nitrogens with zero attached hydrogens (tertiary/aromatic N) is 1. The second-order valence-corrected chi connectivity index (χ2v) is 8.92. The number of hydrogen-bond acceptors (Lipinski definition) is 3. The van der Waals surface area contributed by atoms with Crippen molar-refractivity contribution in [2.24, 2.45) is 0 Å². The lowest BCUT2D eigenvalue weighted by Crippen LogP contribution is -1.96.